The molecule has 0 saturated carbocycles. The van der Waals surface area contributed by atoms with Crippen molar-refractivity contribution in [3.8, 4) is 0 Å². The summed E-state index contributed by atoms with van der Waals surface area (Å²) < 4.78 is 5.36. The fourth-order valence-electron chi connectivity index (χ4n) is 1.03. The summed E-state index contributed by atoms with van der Waals surface area (Å²) in [5, 5.41) is 0. The molecule has 0 aliphatic carbocycles. The first kappa shape index (κ1) is 10.7. The topological polar surface area (TPSA) is 72.4 Å². The molecule has 0 saturated heterocycles. The number of nitrogens with two attached hydrogens (primary N) is 1. The molecule has 1 aromatic heterocycles. The van der Waals surface area contributed by atoms with E-state index in [2.05, 4.69) is 4.98 Å². The molecule has 0 radical (unpaired) electrons. The number of rotatable bonds is 4. The van der Waals surface area contributed by atoms with Crippen LogP contribution in [0.3, 0.4) is 0 Å². The molecule has 5 nitrogen and oxygen atoms in total. The van der Waals surface area contributed by atoms with Gasteiger partial charge in [0.25, 0.3) is 0 Å². The second-order valence-corrected chi connectivity index (χ2v) is 3.53. The van der Waals surface area contributed by atoms with E-state index in [0.717, 1.165) is 5.76 Å². The van der Waals surface area contributed by atoms with Gasteiger partial charge in [-0.05, 0) is 21.0 Å². The lowest BCUT2D eigenvalue weighted by Gasteiger charge is -2.05. The summed E-state index contributed by atoms with van der Waals surface area (Å²) in [5.41, 5.74) is 5.13. The Morgan fingerprint density at radius 3 is 2.86 bits per heavy atom. The summed E-state index contributed by atoms with van der Waals surface area (Å²) in [6.07, 6.45) is 1.62. The second kappa shape index (κ2) is 4.23. The van der Waals surface area contributed by atoms with Crippen molar-refractivity contribution in [2.24, 2.45) is 5.73 Å². The number of hydrogen-bond acceptors (Lipinski definition) is 4. The van der Waals surface area contributed by atoms with Gasteiger partial charge in [-0.2, -0.15) is 0 Å². The molecular weight excluding hydrogens is 182 g/mol. The van der Waals surface area contributed by atoms with Crippen LogP contribution in [0.25, 0.3) is 0 Å². The molecule has 1 aromatic rings. The molecule has 0 spiro atoms. The van der Waals surface area contributed by atoms with Gasteiger partial charge in [-0.3, -0.25) is 4.79 Å². The fraction of sp³-hybridized carbons (Fsp3) is 0.556. The first-order chi connectivity index (χ1) is 6.50. The second-order valence-electron chi connectivity index (χ2n) is 3.53. The number of primary amides is 1. The smallest absolute Gasteiger partial charge is 0.229 e. The Balaban J connectivity index is 2.72. The van der Waals surface area contributed by atoms with Crippen molar-refractivity contribution in [1.29, 1.82) is 0 Å². The lowest BCUT2D eigenvalue weighted by molar-refractivity contribution is -0.119. The fourth-order valence-corrected chi connectivity index (χ4v) is 1.03. The van der Waals surface area contributed by atoms with E-state index in [4.69, 9.17) is 10.2 Å². The highest BCUT2D eigenvalue weighted by Crippen LogP contribution is 2.15. The highest BCUT2D eigenvalue weighted by atomic mass is 16.4. The predicted octanol–water partition coefficient (Wildman–Crippen LogP) is 0.325. The molecular formula is C9H15N3O2. The third-order valence-electron chi connectivity index (χ3n) is 1.84. The lowest BCUT2D eigenvalue weighted by atomic mass is 10.2. The highest BCUT2D eigenvalue weighted by molar-refractivity contribution is 5.80. The van der Waals surface area contributed by atoms with Crippen LogP contribution in [-0.2, 0) is 11.3 Å². The van der Waals surface area contributed by atoms with Crippen molar-refractivity contribution in [1.82, 2.24) is 9.88 Å². The minimum Gasteiger partial charge on any atom is -0.444 e. The predicted molar refractivity (Wildman–Crippen MR) is 51.5 cm³/mol. The summed E-state index contributed by atoms with van der Waals surface area (Å²) in [7, 11) is 3.86. The van der Waals surface area contributed by atoms with Gasteiger partial charge >= 0.3 is 0 Å². The van der Waals surface area contributed by atoms with Crippen LogP contribution in [0.15, 0.2) is 10.6 Å². The quantitative estimate of drug-likeness (QED) is 0.754. The summed E-state index contributed by atoms with van der Waals surface area (Å²) in [6, 6.07) is 0. The Kier molecular flexibility index (Phi) is 3.24. The zero-order chi connectivity index (χ0) is 10.7. The van der Waals surface area contributed by atoms with Gasteiger partial charge in [0.15, 0.2) is 0 Å². The van der Waals surface area contributed by atoms with Gasteiger partial charge < -0.3 is 15.1 Å². The zero-order valence-corrected chi connectivity index (χ0v) is 8.65. The van der Waals surface area contributed by atoms with Crippen molar-refractivity contribution in [2.45, 2.75) is 19.4 Å². The average Bonchev–Trinajstić information content (AvgIpc) is 2.50. The van der Waals surface area contributed by atoms with E-state index in [1.165, 1.54) is 0 Å². The number of oxazole rings is 1. The van der Waals surface area contributed by atoms with Gasteiger partial charge in [-0.15, -0.1) is 0 Å². The summed E-state index contributed by atoms with van der Waals surface area (Å²) in [5.74, 6) is 0.224. The maximum Gasteiger partial charge on any atom is 0.229 e. The monoisotopic (exact) mass is 197 g/mol. The minimum absolute atomic E-state index is 0.384. The van der Waals surface area contributed by atoms with E-state index >= 15 is 0 Å². The standard InChI is InChI=1S/C9H15N3O2/c1-6(8(10)13)9-11-4-7(14-9)5-12(2)3/h4,6H,5H2,1-3H3,(H2,10,13). The summed E-state index contributed by atoms with van der Waals surface area (Å²) in [6.45, 7) is 2.34. The molecule has 1 heterocycles. The van der Waals surface area contributed by atoms with Crippen LogP contribution in [0.1, 0.15) is 24.5 Å². The molecule has 1 amide bonds. The van der Waals surface area contributed by atoms with Crippen LogP contribution in [-0.4, -0.2) is 29.9 Å². The molecule has 0 fully saturated rings. The van der Waals surface area contributed by atoms with Crippen molar-refractivity contribution < 1.29 is 9.21 Å². The first-order valence-corrected chi connectivity index (χ1v) is 4.39. The number of carbonyl (C=O) groups is 1. The van der Waals surface area contributed by atoms with Gasteiger partial charge in [0.2, 0.25) is 11.8 Å². The molecule has 0 aliphatic heterocycles. The van der Waals surface area contributed by atoms with Gasteiger partial charge in [-0.1, -0.05) is 0 Å². The molecule has 1 atom stereocenters. The van der Waals surface area contributed by atoms with Crippen molar-refractivity contribution in [2.75, 3.05) is 14.1 Å². The lowest BCUT2D eigenvalue weighted by Crippen LogP contribution is -2.18. The molecule has 14 heavy (non-hydrogen) atoms. The average molecular weight is 197 g/mol. The van der Waals surface area contributed by atoms with E-state index in [-0.39, 0.29) is 0 Å². The van der Waals surface area contributed by atoms with E-state index < -0.39 is 11.8 Å². The minimum atomic E-state index is -0.467. The van der Waals surface area contributed by atoms with Crippen molar-refractivity contribution in [3.63, 3.8) is 0 Å². The van der Waals surface area contributed by atoms with E-state index in [1.54, 1.807) is 13.1 Å². The van der Waals surface area contributed by atoms with Crippen LogP contribution in [0.5, 0.6) is 0 Å². The van der Waals surface area contributed by atoms with Crippen molar-refractivity contribution >= 4 is 5.91 Å². The van der Waals surface area contributed by atoms with Crippen LogP contribution in [0.2, 0.25) is 0 Å². The number of nitrogens with zero attached hydrogens (tertiary/aromatic N) is 2. The van der Waals surface area contributed by atoms with Gasteiger partial charge in [0.05, 0.1) is 12.7 Å². The molecule has 1 unspecified atom stereocenters. The van der Waals surface area contributed by atoms with Gasteiger partial charge in [0, 0.05) is 0 Å². The Morgan fingerprint density at radius 2 is 2.36 bits per heavy atom. The number of aromatic nitrogens is 1. The van der Waals surface area contributed by atoms with E-state index in [0.29, 0.717) is 12.4 Å². The Morgan fingerprint density at radius 1 is 1.71 bits per heavy atom. The Hall–Kier alpha value is -1.36. The molecule has 2 N–H and O–H groups in total. The molecule has 0 bridgehead atoms. The third-order valence-corrected chi connectivity index (χ3v) is 1.84. The first-order valence-electron chi connectivity index (χ1n) is 4.39. The van der Waals surface area contributed by atoms with Crippen LogP contribution < -0.4 is 5.73 Å². The maximum atomic E-state index is 10.8. The SMILES string of the molecule is CC(C(N)=O)c1ncc(CN(C)C)o1. The summed E-state index contributed by atoms with van der Waals surface area (Å²) in [4.78, 5) is 16.8. The van der Waals surface area contributed by atoms with Crippen LogP contribution >= 0.6 is 0 Å². The largest absolute Gasteiger partial charge is 0.444 e. The van der Waals surface area contributed by atoms with Crippen LogP contribution in [0.4, 0.5) is 0 Å². The highest BCUT2D eigenvalue weighted by Gasteiger charge is 2.17. The Labute approximate surface area is 82.9 Å². The summed E-state index contributed by atoms with van der Waals surface area (Å²) >= 11 is 0. The molecule has 78 valence electrons. The van der Waals surface area contributed by atoms with Gasteiger partial charge in [-0.25, -0.2) is 4.98 Å². The molecule has 1 rings (SSSR count). The van der Waals surface area contributed by atoms with E-state index in [1.807, 2.05) is 19.0 Å². The van der Waals surface area contributed by atoms with Gasteiger partial charge in [0.1, 0.15) is 11.7 Å². The van der Waals surface area contributed by atoms with Crippen molar-refractivity contribution in [3.05, 3.63) is 17.8 Å². The van der Waals surface area contributed by atoms with E-state index in [9.17, 15) is 4.79 Å². The van der Waals surface area contributed by atoms with Crippen LogP contribution in [0, 0.1) is 0 Å². The molecule has 0 aromatic carbocycles. The Bertz CT molecular complexity index is 320. The number of hydrogen-bond donors (Lipinski definition) is 1. The number of carbonyl (C=O) groups excluding carboxylic acids is 1. The third kappa shape index (κ3) is 2.56. The molecule has 5 heteroatoms. The number of amides is 1. The normalized spacial score (nSPS) is 13.1. The maximum absolute atomic E-state index is 10.8. The molecule has 0 aliphatic rings. The zero-order valence-electron chi connectivity index (χ0n) is 8.65.